The van der Waals surface area contributed by atoms with E-state index in [0.717, 1.165) is 6.42 Å². The Morgan fingerprint density at radius 3 is 2.40 bits per heavy atom. The topological polar surface area (TPSA) is 75.6 Å². The van der Waals surface area contributed by atoms with Crippen molar-refractivity contribution in [1.82, 2.24) is 4.72 Å². The summed E-state index contributed by atoms with van der Waals surface area (Å²) in [5.74, 6) is -2.98. The maximum Gasteiger partial charge on any atom is 0.283 e. The zero-order chi connectivity index (χ0) is 15.2. The van der Waals surface area contributed by atoms with Gasteiger partial charge in [0.1, 0.15) is 12.4 Å². The second-order valence-electron chi connectivity index (χ2n) is 4.16. The van der Waals surface area contributed by atoms with Gasteiger partial charge in [-0.3, -0.25) is 0 Å². The number of halogens is 2. The minimum absolute atomic E-state index is 0.143. The Kier molecular flexibility index (Phi) is 5.85. The number of nitrogens with one attached hydrogen (secondary N) is 1. The molecule has 1 aromatic rings. The van der Waals surface area contributed by atoms with Crippen LogP contribution in [0.1, 0.15) is 13.3 Å². The number of alkyl halides is 2. The Labute approximate surface area is 116 Å². The molecule has 0 saturated heterocycles. The van der Waals surface area contributed by atoms with E-state index in [1.807, 2.05) is 6.92 Å². The van der Waals surface area contributed by atoms with Crippen LogP contribution in [0, 0.1) is 0 Å². The summed E-state index contributed by atoms with van der Waals surface area (Å²) in [4.78, 5) is -0.143. The molecule has 0 heterocycles. The van der Waals surface area contributed by atoms with Gasteiger partial charge in [-0.2, -0.15) is 0 Å². The fourth-order valence-corrected chi connectivity index (χ4v) is 2.34. The summed E-state index contributed by atoms with van der Waals surface area (Å²) in [5, 5.41) is 8.38. The molecule has 1 aromatic carbocycles. The lowest BCUT2D eigenvalue weighted by molar-refractivity contribution is -0.0437. The van der Waals surface area contributed by atoms with Crippen LogP contribution >= 0.6 is 0 Å². The Balaban J connectivity index is 2.73. The molecule has 0 fully saturated rings. The van der Waals surface area contributed by atoms with Gasteiger partial charge in [-0.15, -0.1) is 0 Å². The lowest BCUT2D eigenvalue weighted by Gasteiger charge is -2.14. The van der Waals surface area contributed by atoms with E-state index in [1.165, 1.54) is 24.3 Å². The average molecular weight is 309 g/mol. The van der Waals surface area contributed by atoms with Crippen LogP contribution in [0.2, 0.25) is 0 Å². The van der Waals surface area contributed by atoms with Crippen molar-refractivity contribution in [3.63, 3.8) is 0 Å². The predicted molar refractivity (Wildman–Crippen MR) is 69.4 cm³/mol. The van der Waals surface area contributed by atoms with Crippen molar-refractivity contribution in [2.75, 3.05) is 19.8 Å². The van der Waals surface area contributed by atoms with Crippen LogP contribution in [0.3, 0.4) is 0 Å². The molecule has 0 radical (unpaired) electrons. The molecule has 0 unspecified atom stereocenters. The average Bonchev–Trinajstić information content (AvgIpc) is 2.44. The molecule has 0 saturated carbocycles. The third-order valence-electron chi connectivity index (χ3n) is 2.36. The SMILES string of the molecule is CCCOc1ccc(S(=O)(=O)NCC(F)(F)CO)cc1. The molecule has 0 atom stereocenters. The largest absolute Gasteiger partial charge is 0.494 e. The lowest BCUT2D eigenvalue weighted by Crippen LogP contribution is -2.38. The van der Waals surface area contributed by atoms with E-state index in [4.69, 9.17) is 9.84 Å². The van der Waals surface area contributed by atoms with Gasteiger partial charge in [0.05, 0.1) is 18.0 Å². The Bertz CT molecular complexity index is 517. The quantitative estimate of drug-likeness (QED) is 0.761. The van der Waals surface area contributed by atoms with Gasteiger partial charge in [0.15, 0.2) is 0 Å². The second kappa shape index (κ2) is 6.96. The Hall–Kier alpha value is -1.25. The summed E-state index contributed by atoms with van der Waals surface area (Å²) in [6, 6.07) is 5.44. The number of benzene rings is 1. The molecule has 20 heavy (non-hydrogen) atoms. The van der Waals surface area contributed by atoms with Gasteiger partial charge >= 0.3 is 0 Å². The monoisotopic (exact) mass is 309 g/mol. The third-order valence-corrected chi connectivity index (χ3v) is 3.78. The van der Waals surface area contributed by atoms with E-state index in [-0.39, 0.29) is 4.90 Å². The van der Waals surface area contributed by atoms with Crippen LogP contribution in [0.25, 0.3) is 0 Å². The number of ether oxygens (including phenoxy) is 1. The van der Waals surface area contributed by atoms with Gasteiger partial charge in [-0.05, 0) is 30.7 Å². The summed E-state index contributed by atoms with van der Waals surface area (Å²) < 4.78 is 56.2. The third kappa shape index (κ3) is 5.03. The lowest BCUT2D eigenvalue weighted by atomic mass is 10.3. The Morgan fingerprint density at radius 1 is 1.30 bits per heavy atom. The van der Waals surface area contributed by atoms with Gasteiger partial charge in [-0.1, -0.05) is 6.92 Å². The summed E-state index contributed by atoms with van der Waals surface area (Å²) in [7, 11) is -4.04. The molecule has 0 spiro atoms. The highest BCUT2D eigenvalue weighted by Gasteiger charge is 2.30. The molecule has 114 valence electrons. The number of hydrogen-bond donors (Lipinski definition) is 2. The zero-order valence-electron chi connectivity index (χ0n) is 11.0. The van der Waals surface area contributed by atoms with E-state index in [0.29, 0.717) is 12.4 Å². The van der Waals surface area contributed by atoms with Crippen molar-refractivity contribution in [1.29, 1.82) is 0 Å². The van der Waals surface area contributed by atoms with Gasteiger partial charge in [0.25, 0.3) is 5.92 Å². The molecule has 0 aliphatic heterocycles. The van der Waals surface area contributed by atoms with Crippen LogP contribution in [-0.4, -0.2) is 39.2 Å². The van der Waals surface area contributed by atoms with E-state index >= 15 is 0 Å². The molecule has 0 amide bonds. The maximum atomic E-state index is 12.8. The molecule has 0 bridgehead atoms. The summed E-state index contributed by atoms with van der Waals surface area (Å²) in [6.07, 6.45) is 0.817. The van der Waals surface area contributed by atoms with Crippen molar-refractivity contribution in [3.05, 3.63) is 24.3 Å². The highest BCUT2D eigenvalue weighted by Crippen LogP contribution is 2.17. The molecule has 8 heteroatoms. The number of aliphatic hydroxyl groups excluding tert-OH is 1. The highest BCUT2D eigenvalue weighted by molar-refractivity contribution is 7.89. The molecule has 5 nitrogen and oxygen atoms in total. The molecular weight excluding hydrogens is 292 g/mol. The minimum atomic E-state index is -4.04. The first kappa shape index (κ1) is 16.8. The van der Waals surface area contributed by atoms with Crippen molar-refractivity contribution >= 4 is 10.0 Å². The van der Waals surface area contributed by atoms with Gasteiger partial charge in [0.2, 0.25) is 10.0 Å². The first-order valence-corrected chi connectivity index (χ1v) is 7.50. The van der Waals surface area contributed by atoms with Crippen LogP contribution in [-0.2, 0) is 10.0 Å². The maximum absolute atomic E-state index is 12.8. The van der Waals surface area contributed by atoms with Crippen LogP contribution in [0.15, 0.2) is 29.2 Å². The normalized spacial score (nSPS) is 12.4. The summed E-state index contributed by atoms with van der Waals surface area (Å²) in [5.41, 5.74) is 0. The van der Waals surface area contributed by atoms with Gasteiger partial charge in [-0.25, -0.2) is 21.9 Å². The molecule has 0 aromatic heterocycles. The molecular formula is C12H17F2NO4S. The van der Waals surface area contributed by atoms with E-state index in [1.54, 1.807) is 4.72 Å². The predicted octanol–water partition coefficient (Wildman–Crippen LogP) is 1.38. The van der Waals surface area contributed by atoms with E-state index < -0.39 is 29.1 Å². The molecule has 2 N–H and O–H groups in total. The first-order valence-electron chi connectivity index (χ1n) is 6.02. The fourth-order valence-electron chi connectivity index (χ4n) is 1.27. The van der Waals surface area contributed by atoms with Crippen LogP contribution in [0.4, 0.5) is 8.78 Å². The van der Waals surface area contributed by atoms with E-state index in [2.05, 4.69) is 0 Å². The van der Waals surface area contributed by atoms with Crippen molar-refractivity contribution in [3.8, 4) is 5.75 Å². The first-order chi connectivity index (χ1) is 9.30. The van der Waals surface area contributed by atoms with Gasteiger partial charge in [0, 0.05) is 0 Å². The fraction of sp³-hybridized carbons (Fsp3) is 0.500. The number of hydrogen-bond acceptors (Lipinski definition) is 4. The zero-order valence-corrected chi connectivity index (χ0v) is 11.8. The number of aliphatic hydroxyl groups is 1. The summed E-state index contributed by atoms with van der Waals surface area (Å²) in [6.45, 7) is -0.129. The molecule has 1 rings (SSSR count). The second-order valence-corrected chi connectivity index (χ2v) is 5.93. The van der Waals surface area contributed by atoms with E-state index in [9.17, 15) is 17.2 Å². The van der Waals surface area contributed by atoms with Crippen molar-refractivity contribution in [2.24, 2.45) is 0 Å². The Morgan fingerprint density at radius 2 is 1.90 bits per heavy atom. The standard InChI is InChI=1S/C12H17F2NO4S/c1-2-7-19-10-3-5-11(6-4-10)20(17,18)15-8-12(13,14)9-16/h3-6,15-16H,2,7-9H2,1H3. The summed E-state index contributed by atoms with van der Waals surface area (Å²) >= 11 is 0. The number of rotatable bonds is 8. The smallest absolute Gasteiger partial charge is 0.283 e. The minimum Gasteiger partial charge on any atom is -0.494 e. The van der Waals surface area contributed by atoms with Gasteiger partial charge < -0.3 is 9.84 Å². The van der Waals surface area contributed by atoms with Crippen LogP contribution in [0.5, 0.6) is 5.75 Å². The molecule has 0 aliphatic rings. The highest BCUT2D eigenvalue weighted by atomic mass is 32.2. The van der Waals surface area contributed by atoms with Crippen LogP contribution < -0.4 is 9.46 Å². The van der Waals surface area contributed by atoms with Crippen molar-refractivity contribution < 1.29 is 27.0 Å². The molecule has 0 aliphatic carbocycles. The number of sulfonamides is 1. The van der Waals surface area contributed by atoms with Crippen molar-refractivity contribution in [2.45, 2.75) is 24.2 Å².